The number of nitrogens with one attached hydrogen (secondary N) is 1. The average Bonchev–Trinajstić information content (AvgIpc) is 2.98. The van der Waals surface area contributed by atoms with Gasteiger partial charge < -0.3 is 5.32 Å². The van der Waals surface area contributed by atoms with Gasteiger partial charge in [-0.15, -0.1) is 11.3 Å². The lowest BCUT2D eigenvalue weighted by Crippen LogP contribution is -2.48. The van der Waals surface area contributed by atoms with Crippen LogP contribution in [0.2, 0.25) is 0 Å². The van der Waals surface area contributed by atoms with E-state index in [0.717, 1.165) is 26.2 Å². The van der Waals surface area contributed by atoms with Crippen molar-refractivity contribution in [3.8, 4) is 10.4 Å². The average molecular weight is 276 g/mol. The number of rotatable bonds is 3. The summed E-state index contributed by atoms with van der Waals surface area (Å²) >= 11 is 1.88. The van der Waals surface area contributed by atoms with Crippen molar-refractivity contribution in [2.75, 3.05) is 19.6 Å². The van der Waals surface area contributed by atoms with Crippen molar-refractivity contribution in [1.29, 1.82) is 0 Å². The molecule has 1 fully saturated rings. The van der Waals surface area contributed by atoms with Gasteiger partial charge in [0.2, 0.25) is 0 Å². The van der Waals surface area contributed by atoms with E-state index in [9.17, 15) is 0 Å². The standard InChI is InChI=1S/C14H20N4S/c1-11-8-18(6-5-15-11)10-13-3-4-14(19-13)12-7-16-17(2)9-12/h3-4,7,9,11,15H,5-6,8,10H2,1-2H3. The molecule has 1 aliphatic rings. The Bertz CT molecular complexity index is 545. The summed E-state index contributed by atoms with van der Waals surface area (Å²) in [5, 5.41) is 7.71. The van der Waals surface area contributed by atoms with Gasteiger partial charge in [0.15, 0.2) is 0 Å². The van der Waals surface area contributed by atoms with Gasteiger partial charge in [0.05, 0.1) is 6.20 Å². The summed E-state index contributed by atoms with van der Waals surface area (Å²) in [4.78, 5) is 5.28. The molecule has 1 N–H and O–H groups in total. The number of aromatic nitrogens is 2. The van der Waals surface area contributed by atoms with E-state index < -0.39 is 0 Å². The quantitative estimate of drug-likeness (QED) is 0.930. The molecule has 0 aromatic carbocycles. The van der Waals surface area contributed by atoms with Crippen molar-refractivity contribution >= 4 is 11.3 Å². The lowest BCUT2D eigenvalue weighted by Gasteiger charge is -2.31. The van der Waals surface area contributed by atoms with Crippen LogP contribution in [0.25, 0.3) is 10.4 Å². The van der Waals surface area contributed by atoms with Gasteiger partial charge in [0, 0.05) is 60.8 Å². The molecule has 0 radical (unpaired) electrons. The van der Waals surface area contributed by atoms with Crippen LogP contribution < -0.4 is 5.32 Å². The predicted molar refractivity (Wildman–Crippen MR) is 79.3 cm³/mol. The van der Waals surface area contributed by atoms with Crippen LogP contribution in [0.4, 0.5) is 0 Å². The Morgan fingerprint density at radius 3 is 3.11 bits per heavy atom. The van der Waals surface area contributed by atoms with E-state index in [4.69, 9.17) is 0 Å². The van der Waals surface area contributed by atoms with Crippen LogP contribution in [0.15, 0.2) is 24.5 Å². The van der Waals surface area contributed by atoms with Gasteiger partial charge in [-0.2, -0.15) is 5.10 Å². The molecule has 0 amide bonds. The fraction of sp³-hybridized carbons (Fsp3) is 0.500. The third kappa shape index (κ3) is 3.05. The summed E-state index contributed by atoms with van der Waals surface area (Å²) in [6, 6.07) is 5.06. The van der Waals surface area contributed by atoms with E-state index in [2.05, 4.69) is 40.6 Å². The first kappa shape index (κ1) is 12.8. The molecule has 0 saturated carbocycles. The highest BCUT2D eigenvalue weighted by Crippen LogP contribution is 2.28. The molecule has 1 unspecified atom stereocenters. The van der Waals surface area contributed by atoms with E-state index in [0.29, 0.717) is 6.04 Å². The lowest BCUT2D eigenvalue weighted by molar-refractivity contribution is 0.201. The summed E-state index contributed by atoms with van der Waals surface area (Å²) in [5.41, 5.74) is 1.22. The zero-order valence-corrected chi connectivity index (χ0v) is 12.3. The van der Waals surface area contributed by atoms with Gasteiger partial charge in [-0.1, -0.05) is 0 Å². The molecule has 5 heteroatoms. The molecule has 2 aromatic rings. The highest BCUT2D eigenvalue weighted by molar-refractivity contribution is 7.15. The third-order valence-electron chi connectivity index (χ3n) is 3.48. The molecule has 0 aliphatic carbocycles. The topological polar surface area (TPSA) is 33.1 Å². The Morgan fingerprint density at radius 1 is 1.47 bits per heavy atom. The summed E-state index contributed by atoms with van der Waals surface area (Å²) in [7, 11) is 1.96. The molecular weight excluding hydrogens is 256 g/mol. The molecule has 0 bridgehead atoms. The molecule has 2 aromatic heterocycles. The van der Waals surface area contributed by atoms with Gasteiger partial charge in [-0.3, -0.25) is 9.58 Å². The van der Waals surface area contributed by atoms with Crippen molar-refractivity contribution in [3.63, 3.8) is 0 Å². The smallest absolute Gasteiger partial charge is 0.0576 e. The summed E-state index contributed by atoms with van der Waals surface area (Å²) in [5.74, 6) is 0. The van der Waals surface area contributed by atoms with Crippen molar-refractivity contribution in [1.82, 2.24) is 20.0 Å². The Kier molecular flexibility index (Phi) is 3.68. The lowest BCUT2D eigenvalue weighted by atomic mass is 10.2. The van der Waals surface area contributed by atoms with Gasteiger partial charge >= 0.3 is 0 Å². The maximum absolute atomic E-state index is 4.23. The number of hydrogen-bond acceptors (Lipinski definition) is 4. The minimum absolute atomic E-state index is 0.603. The molecule has 19 heavy (non-hydrogen) atoms. The highest BCUT2D eigenvalue weighted by atomic mass is 32.1. The van der Waals surface area contributed by atoms with Crippen molar-refractivity contribution in [2.45, 2.75) is 19.5 Å². The Hall–Kier alpha value is -1.17. The Labute approximate surface area is 118 Å². The van der Waals surface area contributed by atoms with Crippen molar-refractivity contribution in [2.24, 2.45) is 7.05 Å². The zero-order chi connectivity index (χ0) is 13.2. The van der Waals surface area contributed by atoms with E-state index in [-0.39, 0.29) is 0 Å². The van der Waals surface area contributed by atoms with Crippen LogP contribution in [-0.4, -0.2) is 40.4 Å². The fourth-order valence-electron chi connectivity index (χ4n) is 2.54. The van der Waals surface area contributed by atoms with Crippen LogP contribution in [0.1, 0.15) is 11.8 Å². The molecule has 1 atom stereocenters. The van der Waals surface area contributed by atoms with Gasteiger partial charge in [-0.25, -0.2) is 0 Å². The first-order chi connectivity index (χ1) is 9.20. The maximum Gasteiger partial charge on any atom is 0.0576 e. The first-order valence-electron chi connectivity index (χ1n) is 6.74. The van der Waals surface area contributed by atoms with Crippen molar-refractivity contribution < 1.29 is 0 Å². The number of nitrogens with zero attached hydrogens (tertiary/aromatic N) is 3. The van der Waals surface area contributed by atoms with E-state index in [1.54, 1.807) is 0 Å². The molecule has 0 spiro atoms. The highest BCUT2D eigenvalue weighted by Gasteiger charge is 2.16. The first-order valence-corrected chi connectivity index (χ1v) is 7.56. The second-order valence-corrected chi connectivity index (χ2v) is 6.43. The van der Waals surface area contributed by atoms with Crippen LogP contribution in [0, 0.1) is 0 Å². The van der Waals surface area contributed by atoms with Gasteiger partial charge in [0.1, 0.15) is 0 Å². The fourth-order valence-corrected chi connectivity index (χ4v) is 3.57. The second-order valence-electron chi connectivity index (χ2n) is 5.26. The molecule has 1 saturated heterocycles. The Balaban J connectivity index is 1.68. The minimum atomic E-state index is 0.603. The SMILES string of the molecule is CC1CN(Cc2ccc(-c3cnn(C)c3)s2)CCN1. The number of hydrogen-bond donors (Lipinski definition) is 1. The summed E-state index contributed by atoms with van der Waals surface area (Å²) in [6.45, 7) is 6.70. The van der Waals surface area contributed by atoms with Gasteiger partial charge in [0.25, 0.3) is 0 Å². The van der Waals surface area contributed by atoms with E-state index in [1.165, 1.54) is 15.3 Å². The molecule has 1 aliphatic heterocycles. The zero-order valence-electron chi connectivity index (χ0n) is 11.5. The van der Waals surface area contributed by atoms with Gasteiger partial charge in [-0.05, 0) is 19.1 Å². The summed E-state index contributed by atoms with van der Waals surface area (Å²) in [6.07, 6.45) is 4.00. The largest absolute Gasteiger partial charge is 0.312 e. The predicted octanol–water partition coefficient (Wildman–Crippen LogP) is 1.94. The van der Waals surface area contributed by atoms with Crippen LogP contribution in [0.3, 0.4) is 0 Å². The number of aryl methyl sites for hydroxylation is 1. The maximum atomic E-state index is 4.23. The molecule has 3 rings (SSSR count). The Morgan fingerprint density at radius 2 is 2.37 bits per heavy atom. The minimum Gasteiger partial charge on any atom is -0.312 e. The second kappa shape index (κ2) is 5.45. The molecular formula is C14H20N4S. The van der Waals surface area contributed by atoms with E-state index in [1.807, 2.05) is 29.3 Å². The van der Waals surface area contributed by atoms with Crippen LogP contribution in [0.5, 0.6) is 0 Å². The molecule has 102 valence electrons. The van der Waals surface area contributed by atoms with Crippen molar-refractivity contribution in [3.05, 3.63) is 29.4 Å². The third-order valence-corrected chi connectivity index (χ3v) is 4.60. The summed E-state index contributed by atoms with van der Waals surface area (Å²) < 4.78 is 1.85. The van der Waals surface area contributed by atoms with E-state index >= 15 is 0 Å². The molecule has 4 nitrogen and oxygen atoms in total. The monoisotopic (exact) mass is 276 g/mol. The van der Waals surface area contributed by atoms with Crippen LogP contribution >= 0.6 is 11.3 Å². The van der Waals surface area contributed by atoms with Crippen LogP contribution in [-0.2, 0) is 13.6 Å². The number of piperazine rings is 1. The molecule has 3 heterocycles. The normalized spacial score (nSPS) is 20.8. The number of thiophene rings is 1.